The molecule has 0 aliphatic rings. The molecule has 0 fully saturated rings. The van der Waals surface area contributed by atoms with Crippen LogP contribution in [-0.4, -0.2) is 6.61 Å². The van der Waals surface area contributed by atoms with Crippen molar-refractivity contribution in [2.75, 3.05) is 18.1 Å². The van der Waals surface area contributed by atoms with Crippen LogP contribution in [0.1, 0.15) is 32.3 Å². The summed E-state index contributed by atoms with van der Waals surface area (Å²) in [7, 11) is 0. The molecule has 0 radical (unpaired) electrons. The highest BCUT2D eigenvalue weighted by atomic mass is 16.5. The Bertz CT molecular complexity index is 324. The fourth-order valence-electron chi connectivity index (χ4n) is 1.50. The Labute approximate surface area is 91.4 Å². The smallest absolute Gasteiger partial charge is 0.145 e. The first-order valence-corrected chi connectivity index (χ1v) is 5.49. The molecule has 0 aliphatic carbocycles. The zero-order chi connectivity index (χ0) is 11.3. The molecule has 3 nitrogen and oxygen atoms in total. The van der Waals surface area contributed by atoms with Crippen molar-refractivity contribution in [2.45, 2.75) is 33.1 Å². The van der Waals surface area contributed by atoms with E-state index < -0.39 is 0 Å². The average Bonchev–Trinajstić information content (AvgIpc) is 2.20. The Hall–Kier alpha value is -1.38. The van der Waals surface area contributed by atoms with Gasteiger partial charge in [-0.3, -0.25) is 0 Å². The van der Waals surface area contributed by atoms with E-state index in [9.17, 15) is 0 Å². The quantitative estimate of drug-likeness (QED) is 0.577. The first kappa shape index (κ1) is 11.7. The van der Waals surface area contributed by atoms with Gasteiger partial charge in [-0.2, -0.15) is 0 Å². The molecule has 0 spiro atoms. The van der Waals surface area contributed by atoms with Crippen LogP contribution in [0.15, 0.2) is 12.1 Å². The predicted molar refractivity (Wildman–Crippen MR) is 65.0 cm³/mol. The Morgan fingerprint density at radius 1 is 1.20 bits per heavy atom. The minimum absolute atomic E-state index is 0.642. The first-order chi connectivity index (χ1) is 7.19. The van der Waals surface area contributed by atoms with E-state index in [1.165, 1.54) is 0 Å². The minimum Gasteiger partial charge on any atom is -0.491 e. The largest absolute Gasteiger partial charge is 0.491 e. The lowest BCUT2D eigenvalue weighted by atomic mass is 10.1. The second kappa shape index (κ2) is 5.49. The van der Waals surface area contributed by atoms with Crippen molar-refractivity contribution >= 4 is 11.4 Å². The van der Waals surface area contributed by atoms with Crippen LogP contribution in [0, 0.1) is 0 Å². The van der Waals surface area contributed by atoms with Crippen molar-refractivity contribution in [3.8, 4) is 5.75 Å². The summed E-state index contributed by atoms with van der Waals surface area (Å²) < 4.78 is 5.67. The summed E-state index contributed by atoms with van der Waals surface area (Å²) in [5, 5.41) is 0. The summed E-state index contributed by atoms with van der Waals surface area (Å²) in [4.78, 5) is 0. The maximum Gasteiger partial charge on any atom is 0.145 e. The van der Waals surface area contributed by atoms with Crippen LogP contribution in [0.25, 0.3) is 0 Å². The van der Waals surface area contributed by atoms with Crippen molar-refractivity contribution < 1.29 is 4.74 Å². The Kier molecular flexibility index (Phi) is 4.28. The molecule has 0 unspecified atom stereocenters. The summed E-state index contributed by atoms with van der Waals surface area (Å²) in [6.07, 6.45) is 3.06. The van der Waals surface area contributed by atoms with Crippen molar-refractivity contribution in [1.82, 2.24) is 0 Å². The van der Waals surface area contributed by atoms with Crippen molar-refractivity contribution in [2.24, 2.45) is 0 Å². The number of ether oxygens (including phenoxy) is 1. The second-order valence-corrected chi connectivity index (χ2v) is 3.65. The van der Waals surface area contributed by atoms with Gasteiger partial charge in [0.15, 0.2) is 0 Å². The predicted octanol–water partition coefficient (Wildman–Crippen LogP) is 2.59. The fraction of sp³-hybridized carbons (Fsp3) is 0.500. The highest BCUT2D eigenvalue weighted by Crippen LogP contribution is 2.30. The topological polar surface area (TPSA) is 61.3 Å². The monoisotopic (exact) mass is 208 g/mol. The molecule has 1 rings (SSSR count). The molecule has 0 bridgehead atoms. The van der Waals surface area contributed by atoms with Gasteiger partial charge in [0.25, 0.3) is 0 Å². The summed E-state index contributed by atoms with van der Waals surface area (Å²) in [6.45, 7) is 4.93. The van der Waals surface area contributed by atoms with E-state index in [0.29, 0.717) is 11.4 Å². The Morgan fingerprint density at radius 2 is 1.93 bits per heavy atom. The third-order valence-corrected chi connectivity index (χ3v) is 2.34. The molecule has 0 atom stereocenters. The van der Waals surface area contributed by atoms with Gasteiger partial charge in [-0.25, -0.2) is 0 Å². The highest BCUT2D eigenvalue weighted by Gasteiger charge is 2.07. The van der Waals surface area contributed by atoms with E-state index in [-0.39, 0.29) is 0 Å². The standard InChI is InChI=1S/C12H20N2O/c1-3-5-6-15-12-9(4-2)7-10(13)8-11(12)14/h7-8H,3-6,13-14H2,1-2H3. The summed E-state index contributed by atoms with van der Waals surface area (Å²) >= 11 is 0. The average molecular weight is 208 g/mol. The zero-order valence-electron chi connectivity index (χ0n) is 9.55. The van der Waals surface area contributed by atoms with Crippen LogP contribution >= 0.6 is 0 Å². The first-order valence-electron chi connectivity index (χ1n) is 5.49. The molecule has 0 saturated carbocycles. The Balaban J connectivity index is 2.84. The van der Waals surface area contributed by atoms with Gasteiger partial charge in [-0.15, -0.1) is 0 Å². The van der Waals surface area contributed by atoms with Crippen LogP contribution in [-0.2, 0) is 6.42 Å². The van der Waals surface area contributed by atoms with E-state index in [1.807, 2.05) is 6.07 Å². The molecular formula is C12H20N2O. The number of nitrogens with two attached hydrogens (primary N) is 2. The number of anilines is 2. The molecule has 15 heavy (non-hydrogen) atoms. The summed E-state index contributed by atoms with van der Waals surface area (Å²) in [5.41, 5.74) is 14.0. The van der Waals surface area contributed by atoms with Crippen LogP contribution in [0.5, 0.6) is 5.75 Å². The lowest BCUT2D eigenvalue weighted by Crippen LogP contribution is -2.04. The third kappa shape index (κ3) is 3.05. The van der Waals surface area contributed by atoms with E-state index in [1.54, 1.807) is 6.07 Å². The lowest BCUT2D eigenvalue weighted by Gasteiger charge is -2.13. The molecule has 0 aromatic heterocycles. The number of unbranched alkanes of at least 4 members (excludes halogenated alkanes) is 1. The molecule has 0 aliphatic heterocycles. The van der Waals surface area contributed by atoms with Gasteiger partial charge in [-0.1, -0.05) is 20.3 Å². The van der Waals surface area contributed by atoms with Crippen molar-refractivity contribution in [3.05, 3.63) is 17.7 Å². The van der Waals surface area contributed by atoms with Gasteiger partial charge in [0.1, 0.15) is 5.75 Å². The number of nitrogen functional groups attached to an aromatic ring is 2. The van der Waals surface area contributed by atoms with Gasteiger partial charge < -0.3 is 16.2 Å². The van der Waals surface area contributed by atoms with Gasteiger partial charge >= 0.3 is 0 Å². The summed E-state index contributed by atoms with van der Waals surface area (Å²) in [6, 6.07) is 3.68. The molecule has 0 heterocycles. The SMILES string of the molecule is CCCCOc1c(N)cc(N)cc1CC. The van der Waals surface area contributed by atoms with Crippen LogP contribution in [0.3, 0.4) is 0 Å². The molecule has 0 saturated heterocycles. The van der Waals surface area contributed by atoms with E-state index in [0.717, 1.165) is 37.2 Å². The number of hydrogen-bond acceptors (Lipinski definition) is 3. The lowest BCUT2D eigenvalue weighted by molar-refractivity contribution is 0.308. The second-order valence-electron chi connectivity index (χ2n) is 3.65. The highest BCUT2D eigenvalue weighted by molar-refractivity contribution is 5.64. The molecule has 4 N–H and O–H groups in total. The summed E-state index contributed by atoms with van der Waals surface area (Å²) in [5.74, 6) is 0.806. The maximum atomic E-state index is 5.88. The number of rotatable bonds is 5. The van der Waals surface area contributed by atoms with Gasteiger partial charge in [0.05, 0.1) is 12.3 Å². The molecule has 0 amide bonds. The van der Waals surface area contributed by atoms with E-state index in [4.69, 9.17) is 16.2 Å². The van der Waals surface area contributed by atoms with Crippen LogP contribution in [0.2, 0.25) is 0 Å². The fourth-order valence-corrected chi connectivity index (χ4v) is 1.50. The number of hydrogen-bond donors (Lipinski definition) is 2. The van der Waals surface area contributed by atoms with Crippen LogP contribution < -0.4 is 16.2 Å². The molecule has 84 valence electrons. The molecule has 1 aromatic rings. The van der Waals surface area contributed by atoms with E-state index in [2.05, 4.69) is 13.8 Å². The molecule has 1 aromatic carbocycles. The normalized spacial score (nSPS) is 10.3. The Morgan fingerprint density at radius 3 is 2.53 bits per heavy atom. The maximum absolute atomic E-state index is 5.88. The van der Waals surface area contributed by atoms with Gasteiger partial charge in [-0.05, 0) is 30.5 Å². The molecular weight excluding hydrogens is 188 g/mol. The van der Waals surface area contributed by atoms with E-state index >= 15 is 0 Å². The molecule has 3 heteroatoms. The van der Waals surface area contributed by atoms with Crippen molar-refractivity contribution in [3.63, 3.8) is 0 Å². The third-order valence-electron chi connectivity index (χ3n) is 2.34. The minimum atomic E-state index is 0.642. The van der Waals surface area contributed by atoms with Gasteiger partial charge in [0.2, 0.25) is 0 Å². The number of aryl methyl sites for hydroxylation is 1. The van der Waals surface area contributed by atoms with Crippen molar-refractivity contribution in [1.29, 1.82) is 0 Å². The zero-order valence-corrected chi connectivity index (χ0v) is 9.55. The van der Waals surface area contributed by atoms with Crippen LogP contribution in [0.4, 0.5) is 11.4 Å². The van der Waals surface area contributed by atoms with Gasteiger partial charge in [0, 0.05) is 5.69 Å². The number of benzene rings is 1.